The number of aromatic carboxylic acids is 1. The molecule has 0 bridgehead atoms. The molecule has 0 aliphatic carbocycles. The van der Waals surface area contributed by atoms with Crippen LogP contribution in [0.2, 0.25) is 0 Å². The van der Waals surface area contributed by atoms with Crippen LogP contribution < -0.4 is 0 Å². The van der Waals surface area contributed by atoms with Crippen LogP contribution >= 0.6 is 0 Å². The van der Waals surface area contributed by atoms with E-state index >= 15 is 0 Å². The monoisotopic (exact) mass is 322 g/mol. The molecule has 2 aromatic carbocycles. The molecular weight excluding hydrogens is 306 g/mol. The number of benzene rings is 2. The first-order valence-electron chi connectivity index (χ1n) is 6.60. The fourth-order valence-electron chi connectivity index (χ4n) is 1.56. The van der Waals surface area contributed by atoms with Gasteiger partial charge in [-0.1, -0.05) is 12.1 Å². The van der Waals surface area contributed by atoms with E-state index < -0.39 is 23.6 Å². The highest BCUT2D eigenvalue weighted by atomic mass is 19.1. The Hall–Kier alpha value is -2.76. The van der Waals surface area contributed by atoms with Gasteiger partial charge in [0.05, 0.1) is 18.2 Å². The van der Waals surface area contributed by atoms with Crippen LogP contribution in [0.4, 0.5) is 8.78 Å². The maximum absolute atomic E-state index is 12.9. The summed E-state index contributed by atoms with van der Waals surface area (Å²) in [6.45, 7) is 3.22. The Labute approximate surface area is 132 Å². The summed E-state index contributed by atoms with van der Waals surface area (Å²) < 4.78 is 30.0. The van der Waals surface area contributed by atoms with Crippen molar-refractivity contribution in [1.29, 1.82) is 0 Å². The van der Waals surface area contributed by atoms with Gasteiger partial charge in [-0.15, -0.1) is 0 Å². The Kier molecular flexibility index (Phi) is 6.38. The first-order chi connectivity index (χ1) is 10.8. The van der Waals surface area contributed by atoms with E-state index in [1.165, 1.54) is 31.4 Å². The Morgan fingerprint density at radius 3 is 1.74 bits per heavy atom. The third-order valence-corrected chi connectivity index (χ3v) is 3.01. The quantitative estimate of drug-likeness (QED) is 0.855. The first-order valence-corrected chi connectivity index (χ1v) is 6.60. The van der Waals surface area contributed by atoms with Crippen molar-refractivity contribution in [2.24, 2.45) is 0 Å². The Bertz CT molecular complexity index is 727. The lowest BCUT2D eigenvalue weighted by Gasteiger charge is -2.00. The van der Waals surface area contributed by atoms with E-state index in [0.29, 0.717) is 11.1 Å². The number of carbonyl (C=O) groups is 2. The van der Waals surface area contributed by atoms with Crippen LogP contribution in [0.25, 0.3) is 0 Å². The third-order valence-electron chi connectivity index (χ3n) is 3.01. The number of hydrogen-bond acceptors (Lipinski definition) is 3. The zero-order valence-electron chi connectivity index (χ0n) is 12.9. The third kappa shape index (κ3) is 5.18. The molecule has 0 spiro atoms. The van der Waals surface area contributed by atoms with Crippen LogP contribution in [0.3, 0.4) is 0 Å². The Morgan fingerprint density at radius 2 is 1.35 bits per heavy atom. The molecule has 1 N–H and O–H groups in total. The van der Waals surface area contributed by atoms with Crippen LogP contribution in [0.5, 0.6) is 0 Å². The van der Waals surface area contributed by atoms with Crippen LogP contribution in [0.1, 0.15) is 31.8 Å². The summed E-state index contributed by atoms with van der Waals surface area (Å²) in [6.07, 6.45) is 0. The average molecular weight is 322 g/mol. The highest BCUT2D eigenvalue weighted by Crippen LogP contribution is 2.10. The lowest BCUT2D eigenvalue weighted by atomic mass is 10.1. The second-order valence-electron chi connectivity index (χ2n) is 4.72. The molecule has 0 unspecified atom stereocenters. The molecule has 0 saturated heterocycles. The standard InChI is InChI=1S/C9H9FO2.C8H7FO2/c1-6-3-4-7(5-8(6)10)9(11)12-2;1-5-2-3-6(8(10)11)4-7(5)9/h3-5H,1-2H3;2-4H,1H3,(H,10,11). The van der Waals surface area contributed by atoms with Crippen molar-refractivity contribution in [2.45, 2.75) is 13.8 Å². The van der Waals surface area contributed by atoms with E-state index in [-0.39, 0.29) is 11.1 Å². The van der Waals surface area contributed by atoms with E-state index in [1.807, 2.05) is 0 Å². The summed E-state index contributed by atoms with van der Waals surface area (Å²) >= 11 is 0. The summed E-state index contributed by atoms with van der Waals surface area (Å²) in [5.41, 5.74) is 1.19. The molecule has 6 heteroatoms. The summed E-state index contributed by atoms with van der Waals surface area (Å²) in [7, 11) is 1.26. The van der Waals surface area contributed by atoms with Crippen LogP contribution in [0, 0.1) is 25.5 Å². The number of ether oxygens (including phenoxy) is 1. The molecule has 0 saturated carbocycles. The van der Waals surface area contributed by atoms with Gasteiger partial charge in [0.15, 0.2) is 0 Å². The van der Waals surface area contributed by atoms with Gasteiger partial charge in [-0.05, 0) is 49.2 Å². The molecule has 4 nitrogen and oxygen atoms in total. The van der Waals surface area contributed by atoms with E-state index in [9.17, 15) is 18.4 Å². The highest BCUT2D eigenvalue weighted by Gasteiger charge is 2.07. The van der Waals surface area contributed by atoms with Crippen molar-refractivity contribution in [3.05, 3.63) is 70.3 Å². The number of halogens is 2. The summed E-state index contributed by atoms with van der Waals surface area (Å²) in [6, 6.07) is 8.07. The average Bonchev–Trinajstić information content (AvgIpc) is 2.52. The largest absolute Gasteiger partial charge is 0.478 e. The number of hydrogen-bond donors (Lipinski definition) is 1. The number of carboxylic acids is 1. The minimum atomic E-state index is -1.11. The SMILES string of the molecule is COC(=O)c1ccc(C)c(F)c1.Cc1ccc(C(=O)O)cc1F. The first kappa shape index (κ1) is 18.3. The van der Waals surface area contributed by atoms with Gasteiger partial charge in [-0.2, -0.15) is 0 Å². The summed E-state index contributed by atoms with van der Waals surface area (Å²) in [5, 5.41) is 8.43. The minimum absolute atomic E-state index is 0.0203. The molecule has 122 valence electrons. The smallest absolute Gasteiger partial charge is 0.337 e. The van der Waals surface area contributed by atoms with Crippen molar-refractivity contribution in [2.75, 3.05) is 7.11 Å². The molecule has 0 radical (unpaired) electrons. The second kappa shape index (κ2) is 8.03. The molecular formula is C17H16F2O4. The maximum Gasteiger partial charge on any atom is 0.337 e. The van der Waals surface area contributed by atoms with Crippen LogP contribution in [-0.4, -0.2) is 24.2 Å². The second-order valence-corrected chi connectivity index (χ2v) is 4.72. The number of rotatable bonds is 2. The number of aryl methyl sites for hydroxylation is 2. The van der Waals surface area contributed by atoms with Gasteiger partial charge in [0.25, 0.3) is 0 Å². The molecule has 0 amide bonds. The van der Waals surface area contributed by atoms with Crippen molar-refractivity contribution < 1.29 is 28.2 Å². The van der Waals surface area contributed by atoms with Gasteiger partial charge in [-0.25, -0.2) is 18.4 Å². The Morgan fingerprint density at radius 1 is 0.913 bits per heavy atom. The van der Waals surface area contributed by atoms with Gasteiger partial charge in [0.2, 0.25) is 0 Å². The van der Waals surface area contributed by atoms with Gasteiger partial charge >= 0.3 is 11.9 Å². The van der Waals surface area contributed by atoms with Gasteiger partial charge < -0.3 is 9.84 Å². The van der Waals surface area contributed by atoms with Gasteiger partial charge in [0, 0.05) is 0 Å². The molecule has 2 rings (SSSR count). The van der Waals surface area contributed by atoms with Crippen molar-refractivity contribution in [3.8, 4) is 0 Å². The van der Waals surface area contributed by atoms with Crippen molar-refractivity contribution in [1.82, 2.24) is 0 Å². The zero-order chi connectivity index (χ0) is 17.6. The lowest BCUT2D eigenvalue weighted by Crippen LogP contribution is -2.01. The number of carboxylic acid groups (broad SMARTS) is 1. The number of methoxy groups -OCH3 is 1. The number of carbonyl (C=O) groups excluding carboxylic acids is 1. The molecule has 0 aliphatic heterocycles. The molecule has 0 fully saturated rings. The highest BCUT2D eigenvalue weighted by molar-refractivity contribution is 5.89. The van der Waals surface area contributed by atoms with Crippen LogP contribution in [0.15, 0.2) is 36.4 Å². The predicted molar refractivity (Wildman–Crippen MR) is 80.6 cm³/mol. The van der Waals surface area contributed by atoms with Gasteiger partial charge in [-0.3, -0.25) is 0 Å². The molecule has 2 aromatic rings. The van der Waals surface area contributed by atoms with Crippen LogP contribution in [-0.2, 0) is 4.74 Å². The molecule has 0 aliphatic rings. The topological polar surface area (TPSA) is 63.6 Å². The lowest BCUT2D eigenvalue weighted by molar-refractivity contribution is 0.0599. The van der Waals surface area contributed by atoms with E-state index in [4.69, 9.17) is 5.11 Å². The Balaban J connectivity index is 0.000000231. The zero-order valence-corrected chi connectivity index (χ0v) is 12.9. The summed E-state index contributed by atoms with van der Waals surface area (Å²) in [5.74, 6) is -2.50. The molecule has 0 atom stereocenters. The van der Waals surface area contributed by atoms with E-state index in [1.54, 1.807) is 19.9 Å². The van der Waals surface area contributed by atoms with Crippen molar-refractivity contribution in [3.63, 3.8) is 0 Å². The number of esters is 1. The van der Waals surface area contributed by atoms with E-state index in [0.717, 1.165) is 6.07 Å². The molecule has 23 heavy (non-hydrogen) atoms. The minimum Gasteiger partial charge on any atom is -0.478 e. The fraction of sp³-hybridized carbons (Fsp3) is 0.176. The predicted octanol–water partition coefficient (Wildman–Crippen LogP) is 3.75. The maximum atomic E-state index is 12.9. The summed E-state index contributed by atoms with van der Waals surface area (Å²) in [4.78, 5) is 21.2. The molecule has 0 heterocycles. The van der Waals surface area contributed by atoms with Crippen molar-refractivity contribution >= 4 is 11.9 Å². The van der Waals surface area contributed by atoms with Gasteiger partial charge in [0.1, 0.15) is 11.6 Å². The fourth-order valence-corrected chi connectivity index (χ4v) is 1.56. The van der Waals surface area contributed by atoms with E-state index in [2.05, 4.69) is 4.74 Å². The molecule has 0 aromatic heterocycles. The normalized spacial score (nSPS) is 9.61.